The predicted octanol–water partition coefficient (Wildman–Crippen LogP) is -2.73. The fourth-order valence-electron chi connectivity index (χ4n) is 2.26. The molecule has 0 rings (SSSR count). The number of carboxylic acids is 2. The summed E-state index contributed by atoms with van der Waals surface area (Å²) < 4.78 is 0. The maximum atomic E-state index is 12.4. The zero-order valence-corrected chi connectivity index (χ0v) is 17.0. The minimum Gasteiger partial charge on any atom is -0.481 e. The summed E-state index contributed by atoms with van der Waals surface area (Å²) in [6.45, 7) is 4.51. The summed E-state index contributed by atoms with van der Waals surface area (Å²) in [6, 6.07) is -5.02. The molecule has 170 valence electrons. The molecule has 9 N–H and O–H groups in total. The van der Waals surface area contributed by atoms with Crippen LogP contribution in [0, 0.1) is 5.92 Å². The molecule has 0 aliphatic rings. The summed E-state index contributed by atoms with van der Waals surface area (Å²) in [6.07, 6.45) is -0.950. The molecule has 0 aromatic heterocycles. The van der Waals surface area contributed by atoms with Crippen LogP contribution in [0.5, 0.6) is 0 Å². The van der Waals surface area contributed by atoms with Crippen LogP contribution in [0.25, 0.3) is 0 Å². The van der Waals surface area contributed by atoms with Gasteiger partial charge in [0, 0.05) is 6.42 Å². The van der Waals surface area contributed by atoms with Crippen LogP contribution in [0.1, 0.15) is 40.0 Å². The van der Waals surface area contributed by atoms with Crippen molar-refractivity contribution in [3.05, 3.63) is 0 Å². The molecule has 4 atom stereocenters. The van der Waals surface area contributed by atoms with Gasteiger partial charge in [0.05, 0.1) is 12.5 Å². The molecule has 0 spiro atoms. The lowest BCUT2D eigenvalue weighted by Crippen LogP contribution is -2.58. The third-order valence-electron chi connectivity index (χ3n) is 4.03. The van der Waals surface area contributed by atoms with E-state index >= 15 is 0 Å². The fraction of sp³-hybridized carbons (Fsp3) is 0.647. The molecular formula is C17H29N5O8. The van der Waals surface area contributed by atoms with Crippen molar-refractivity contribution >= 4 is 35.6 Å². The number of carboxylic acid groups (broad SMARTS) is 2. The predicted molar refractivity (Wildman–Crippen MR) is 103 cm³/mol. The monoisotopic (exact) mass is 431 g/mol. The van der Waals surface area contributed by atoms with Crippen molar-refractivity contribution in [2.45, 2.75) is 64.2 Å². The van der Waals surface area contributed by atoms with Crippen LogP contribution in [-0.2, 0) is 28.8 Å². The number of primary amides is 1. The van der Waals surface area contributed by atoms with Gasteiger partial charge in [0.2, 0.25) is 23.6 Å². The standard InChI is InChI=1S/C17H29N5O8/c1-7(2)13(16(28)21-10(17(29)30)6-12(24)25)22-14(26)8(3)20-15(27)9(18)4-5-11(19)23/h7-10,13H,4-6,18H2,1-3H3,(H2,19,23)(H,20,27)(H,21,28)(H,22,26)(H,24,25)(H,29,30). The van der Waals surface area contributed by atoms with Gasteiger partial charge < -0.3 is 37.6 Å². The molecule has 0 aromatic carbocycles. The molecule has 13 nitrogen and oxygen atoms in total. The maximum Gasteiger partial charge on any atom is 0.326 e. The van der Waals surface area contributed by atoms with E-state index < -0.39 is 72.1 Å². The fourth-order valence-corrected chi connectivity index (χ4v) is 2.26. The van der Waals surface area contributed by atoms with Gasteiger partial charge in [0.1, 0.15) is 18.1 Å². The summed E-state index contributed by atoms with van der Waals surface area (Å²) in [5.74, 6) is -6.39. The molecule has 4 amide bonds. The minimum atomic E-state index is -1.67. The highest BCUT2D eigenvalue weighted by molar-refractivity contribution is 5.94. The van der Waals surface area contributed by atoms with E-state index in [4.69, 9.17) is 21.7 Å². The largest absolute Gasteiger partial charge is 0.481 e. The Morgan fingerprint density at radius 2 is 1.43 bits per heavy atom. The Morgan fingerprint density at radius 1 is 0.867 bits per heavy atom. The van der Waals surface area contributed by atoms with E-state index in [0.29, 0.717) is 0 Å². The van der Waals surface area contributed by atoms with Gasteiger partial charge in [0.25, 0.3) is 0 Å². The van der Waals surface area contributed by atoms with E-state index in [1.807, 2.05) is 0 Å². The molecule has 0 saturated heterocycles. The van der Waals surface area contributed by atoms with Crippen LogP contribution in [-0.4, -0.2) is 69.9 Å². The first-order valence-corrected chi connectivity index (χ1v) is 9.15. The van der Waals surface area contributed by atoms with Crippen molar-refractivity contribution in [1.29, 1.82) is 0 Å². The molecule has 0 bridgehead atoms. The van der Waals surface area contributed by atoms with Gasteiger partial charge in [-0.05, 0) is 19.3 Å². The van der Waals surface area contributed by atoms with Crippen LogP contribution < -0.4 is 27.4 Å². The number of carbonyl (C=O) groups excluding carboxylic acids is 4. The molecule has 30 heavy (non-hydrogen) atoms. The third-order valence-corrected chi connectivity index (χ3v) is 4.03. The molecule has 0 fully saturated rings. The van der Waals surface area contributed by atoms with Crippen LogP contribution in [0.3, 0.4) is 0 Å². The van der Waals surface area contributed by atoms with Crippen molar-refractivity contribution < 1.29 is 39.0 Å². The Morgan fingerprint density at radius 3 is 1.87 bits per heavy atom. The van der Waals surface area contributed by atoms with Crippen LogP contribution >= 0.6 is 0 Å². The SMILES string of the molecule is CC(NC(=O)C(N)CCC(N)=O)C(=O)NC(C(=O)NC(CC(=O)O)C(=O)O)C(C)C. The molecule has 4 unspecified atom stereocenters. The van der Waals surface area contributed by atoms with E-state index in [1.54, 1.807) is 13.8 Å². The van der Waals surface area contributed by atoms with Gasteiger partial charge in [-0.1, -0.05) is 13.8 Å². The molecule has 0 aromatic rings. The van der Waals surface area contributed by atoms with Crippen molar-refractivity contribution in [3.8, 4) is 0 Å². The Bertz CT molecular complexity index is 681. The average molecular weight is 431 g/mol. The summed E-state index contributed by atoms with van der Waals surface area (Å²) in [5.41, 5.74) is 10.6. The van der Waals surface area contributed by atoms with Gasteiger partial charge >= 0.3 is 11.9 Å². The second-order valence-electron chi connectivity index (χ2n) is 7.07. The highest BCUT2D eigenvalue weighted by Gasteiger charge is 2.31. The summed E-state index contributed by atoms with van der Waals surface area (Å²) in [5, 5.41) is 24.6. The van der Waals surface area contributed by atoms with E-state index in [2.05, 4.69) is 16.0 Å². The molecule has 0 heterocycles. The summed E-state index contributed by atoms with van der Waals surface area (Å²) in [4.78, 5) is 69.3. The molecule has 0 aliphatic heterocycles. The molecule has 0 radical (unpaired) electrons. The molecule has 0 saturated carbocycles. The lowest BCUT2D eigenvalue weighted by molar-refractivity contribution is -0.147. The second-order valence-corrected chi connectivity index (χ2v) is 7.07. The molecule has 13 heteroatoms. The van der Waals surface area contributed by atoms with E-state index in [9.17, 15) is 28.8 Å². The lowest BCUT2D eigenvalue weighted by atomic mass is 10.0. The number of nitrogens with two attached hydrogens (primary N) is 2. The van der Waals surface area contributed by atoms with Gasteiger partial charge in [0.15, 0.2) is 0 Å². The van der Waals surface area contributed by atoms with E-state index in [0.717, 1.165) is 0 Å². The van der Waals surface area contributed by atoms with Crippen molar-refractivity contribution in [2.75, 3.05) is 0 Å². The normalized spacial score (nSPS) is 14.7. The summed E-state index contributed by atoms with van der Waals surface area (Å²) in [7, 11) is 0. The van der Waals surface area contributed by atoms with Gasteiger partial charge in [-0.2, -0.15) is 0 Å². The number of carbonyl (C=O) groups is 6. The highest BCUT2D eigenvalue weighted by Crippen LogP contribution is 2.05. The lowest BCUT2D eigenvalue weighted by Gasteiger charge is -2.25. The van der Waals surface area contributed by atoms with Crippen molar-refractivity contribution in [1.82, 2.24) is 16.0 Å². The quantitative estimate of drug-likeness (QED) is 0.160. The topological polar surface area (TPSA) is 231 Å². The first kappa shape index (κ1) is 26.8. The Kier molecular flexibility index (Phi) is 11.0. The molecule has 0 aliphatic carbocycles. The number of aliphatic carboxylic acids is 2. The Labute approximate surface area is 172 Å². The van der Waals surface area contributed by atoms with Gasteiger partial charge in [-0.25, -0.2) is 4.79 Å². The highest BCUT2D eigenvalue weighted by atomic mass is 16.4. The van der Waals surface area contributed by atoms with Gasteiger partial charge in [-0.15, -0.1) is 0 Å². The first-order valence-electron chi connectivity index (χ1n) is 9.15. The van der Waals surface area contributed by atoms with Crippen LogP contribution in [0.4, 0.5) is 0 Å². The maximum absolute atomic E-state index is 12.4. The van der Waals surface area contributed by atoms with E-state index in [1.165, 1.54) is 6.92 Å². The summed E-state index contributed by atoms with van der Waals surface area (Å²) >= 11 is 0. The minimum absolute atomic E-state index is 0.00726. The van der Waals surface area contributed by atoms with Gasteiger partial charge in [-0.3, -0.25) is 24.0 Å². The zero-order chi connectivity index (χ0) is 23.6. The Balaban J connectivity index is 4.99. The zero-order valence-electron chi connectivity index (χ0n) is 17.0. The number of rotatable bonds is 13. The number of amides is 4. The molecular weight excluding hydrogens is 402 g/mol. The third kappa shape index (κ3) is 9.82. The van der Waals surface area contributed by atoms with Crippen molar-refractivity contribution in [3.63, 3.8) is 0 Å². The van der Waals surface area contributed by atoms with Crippen LogP contribution in [0.15, 0.2) is 0 Å². The smallest absolute Gasteiger partial charge is 0.326 e. The number of hydrogen-bond donors (Lipinski definition) is 7. The number of hydrogen-bond acceptors (Lipinski definition) is 7. The number of nitrogens with one attached hydrogen (secondary N) is 3. The average Bonchev–Trinajstić information content (AvgIpc) is 2.61. The van der Waals surface area contributed by atoms with E-state index in [-0.39, 0.29) is 12.8 Å². The van der Waals surface area contributed by atoms with Crippen LogP contribution in [0.2, 0.25) is 0 Å². The first-order chi connectivity index (χ1) is 13.8. The second kappa shape index (κ2) is 12.4. The Hall–Kier alpha value is -3.22. The van der Waals surface area contributed by atoms with Crippen molar-refractivity contribution in [2.24, 2.45) is 17.4 Å².